The quantitative estimate of drug-likeness (QED) is 0.776. The average Bonchev–Trinajstić information content (AvgIpc) is 3.15. The van der Waals surface area contributed by atoms with Crippen molar-refractivity contribution in [3.63, 3.8) is 0 Å². The molecular weight excluding hydrogens is 316 g/mol. The molecule has 0 unspecified atom stereocenters. The van der Waals surface area contributed by atoms with Crippen LogP contribution < -0.4 is 4.74 Å². The van der Waals surface area contributed by atoms with Crippen LogP contribution in [0.3, 0.4) is 0 Å². The molecule has 1 aliphatic rings. The van der Waals surface area contributed by atoms with Crippen molar-refractivity contribution in [3.8, 4) is 11.6 Å². The Labute approximate surface area is 118 Å². The first-order valence-electron chi connectivity index (χ1n) is 5.68. The maximum Gasteiger partial charge on any atom is 0.223 e. The Morgan fingerprint density at radius 1 is 1.17 bits per heavy atom. The van der Waals surface area contributed by atoms with Crippen LogP contribution in [0.5, 0.6) is 11.6 Å². The number of hydrogen-bond donors (Lipinski definition) is 0. The van der Waals surface area contributed by atoms with Gasteiger partial charge in [0.25, 0.3) is 0 Å². The van der Waals surface area contributed by atoms with E-state index >= 15 is 0 Å². The average molecular weight is 326 g/mol. The van der Waals surface area contributed by atoms with Crippen molar-refractivity contribution in [3.05, 3.63) is 45.8 Å². The summed E-state index contributed by atoms with van der Waals surface area (Å²) in [6.07, 6.45) is 2.33. The van der Waals surface area contributed by atoms with Crippen LogP contribution in [0.15, 0.2) is 34.9 Å². The van der Waals surface area contributed by atoms with E-state index in [0.717, 1.165) is 23.3 Å². The van der Waals surface area contributed by atoms with Crippen molar-refractivity contribution in [2.24, 2.45) is 0 Å². The zero-order valence-electron chi connectivity index (χ0n) is 9.44. The lowest BCUT2D eigenvalue weighted by atomic mass is 10.3. The molecule has 0 N–H and O–H groups in total. The molecule has 18 heavy (non-hydrogen) atoms. The zero-order valence-corrected chi connectivity index (χ0v) is 11.8. The summed E-state index contributed by atoms with van der Waals surface area (Å²) in [4.78, 5) is 8.77. The van der Waals surface area contributed by atoms with Crippen LogP contribution in [-0.2, 0) is 0 Å². The van der Waals surface area contributed by atoms with Gasteiger partial charge in [-0.2, -0.15) is 4.98 Å². The number of ether oxygens (including phenoxy) is 1. The van der Waals surface area contributed by atoms with Crippen molar-refractivity contribution in [1.82, 2.24) is 9.97 Å². The number of rotatable bonds is 3. The van der Waals surface area contributed by atoms with Crippen molar-refractivity contribution < 1.29 is 4.74 Å². The third-order valence-corrected chi connectivity index (χ3v) is 3.33. The molecule has 3 nitrogen and oxygen atoms in total. The lowest BCUT2D eigenvalue weighted by Crippen LogP contribution is -1.96. The minimum absolute atomic E-state index is 0.495. The summed E-state index contributed by atoms with van der Waals surface area (Å²) in [7, 11) is 0. The molecule has 2 aromatic rings. The van der Waals surface area contributed by atoms with Crippen molar-refractivity contribution >= 4 is 27.5 Å². The van der Waals surface area contributed by atoms with E-state index in [9.17, 15) is 0 Å². The minimum Gasteiger partial charge on any atom is -0.439 e. The number of aromatic nitrogens is 2. The molecule has 1 saturated carbocycles. The number of halogens is 2. The molecule has 5 heteroatoms. The maximum absolute atomic E-state index is 5.83. The fraction of sp³-hybridized carbons (Fsp3) is 0.231. The van der Waals surface area contributed by atoms with Gasteiger partial charge in [0, 0.05) is 17.0 Å². The normalized spacial score (nSPS) is 14.6. The monoisotopic (exact) mass is 324 g/mol. The summed E-state index contributed by atoms with van der Waals surface area (Å²) < 4.78 is 6.45. The number of benzene rings is 1. The highest BCUT2D eigenvalue weighted by Gasteiger charge is 2.27. The van der Waals surface area contributed by atoms with Crippen LogP contribution in [0.4, 0.5) is 0 Å². The van der Waals surface area contributed by atoms with E-state index < -0.39 is 0 Å². The van der Waals surface area contributed by atoms with E-state index in [1.54, 1.807) is 18.2 Å². The molecule has 0 atom stereocenters. The largest absolute Gasteiger partial charge is 0.439 e. The van der Waals surface area contributed by atoms with Crippen LogP contribution in [0.2, 0.25) is 5.02 Å². The third-order valence-electron chi connectivity index (χ3n) is 2.67. The van der Waals surface area contributed by atoms with Gasteiger partial charge >= 0.3 is 0 Å². The Kier molecular flexibility index (Phi) is 3.22. The van der Waals surface area contributed by atoms with E-state index in [1.165, 1.54) is 0 Å². The number of nitrogens with zero attached hydrogens (tertiary/aromatic N) is 2. The highest BCUT2D eigenvalue weighted by molar-refractivity contribution is 9.10. The molecular formula is C13H10BrClN2O. The van der Waals surface area contributed by atoms with E-state index in [2.05, 4.69) is 25.9 Å². The second-order valence-corrected chi connectivity index (χ2v) is 5.47. The van der Waals surface area contributed by atoms with Gasteiger partial charge in [-0.25, -0.2) is 4.98 Å². The van der Waals surface area contributed by atoms with E-state index in [-0.39, 0.29) is 0 Å². The van der Waals surface area contributed by atoms with Gasteiger partial charge in [0.2, 0.25) is 5.88 Å². The topological polar surface area (TPSA) is 35.0 Å². The summed E-state index contributed by atoms with van der Waals surface area (Å²) in [5, 5.41) is 0.685. The summed E-state index contributed by atoms with van der Waals surface area (Å²) in [6.45, 7) is 0. The third kappa shape index (κ3) is 2.82. The van der Waals surface area contributed by atoms with Crippen molar-refractivity contribution in [1.29, 1.82) is 0 Å². The Bertz CT molecular complexity index is 570. The molecule has 1 fully saturated rings. The van der Waals surface area contributed by atoms with Crippen LogP contribution in [0.1, 0.15) is 24.6 Å². The summed E-state index contributed by atoms with van der Waals surface area (Å²) in [5.41, 5.74) is 0. The lowest BCUT2D eigenvalue weighted by Gasteiger charge is -2.06. The van der Waals surface area contributed by atoms with E-state index in [4.69, 9.17) is 16.3 Å². The molecule has 3 rings (SSSR count). The standard InChI is InChI=1S/C13H10BrClN2O/c14-11-7-12(17-13(16-11)8-1-2-8)18-10-5-3-9(15)4-6-10/h3-8H,1-2H2. The Hall–Kier alpha value is -1.13. The molecule has 92 valence electrons. The molecule has 0 bridgehead atoms. The Balaban J connectivity index is 1.85. The molecule has 1 aliphatic carbocycles. The van der Waals surface area contributed by atoms with E-state index in [0.29, 0.717) is 22.6 Å². The van der Waals surface area contributed by atoms with Gasteiger partial charge in [-0.05, 0) is 53.0 Å². The maximum atomic E-state index is 5.83. The highest BCUT2D eigenvalue weighted by Crippen LogP contribution is 2.39. The van der Waals surface area contributed by atoms with Gasteiger partial charge < -0.3 is 4.74 Å². The molecule has 0 saturated heterocycles. The predicted octanol–water partition coefficient (Wildman–Crippen LogP) is 4.56. The van der Waals surface area contributed by atoms with Crippen molar-refractivity contribution in [2.75, 3.05) is 0 Å². The fourth-order valence-corrected chi connectivity index (χ4v) is 2.12. The summed E-state index contributed by atoms with van der Waals surface area (Å²) >= 11 is 9.21. The Morgan fingerprint density at radius 2 is 1.89 bits per heavy atom. The SMILES string of the molecule is Clc1ccc(Oc2cc(Br)nc(C3CC3)n2)cc1. The first kappa shape index (κ1) is 11.9. The Morgan fingerprint density at radius 3 is 2.56 bits per heavy atom. The van der Waals surface area contributed by atoms with Gasteiger partial charge in [-0.3, -0.25) is 0 Å². The molecule has 0 amide bonds. The molecule has 0 aliphatic heterocycles. The molecule has 1 heterocycles. The highest BCUT2D eigenvalue weighted by atomic mass is 79.9. The summed E-state index contributed by atoms with van der Waals surface area (Å²) in [6, 6.07) is 8.97. The van der Waals surface area contributed by atoms with E-state index in [1.807, 2.05) is 12.1 Å². The lowest BCUT2D eigenvalue weighted by molar-refractivity contribution is 0.458. The van der Waals surface area contributed by atoms with Gasteiger partial charge in [0.05, 0.1) is 0 Å². The second kappa shape index (κ2) is 4.86. The number of hydrogen-bond acceptors (Lipinski definition) is 3. The first-order chi connectivity index (χ1) is 8.70. The van der Waals surface area contributed by atoms with Crippen LogP contribution in [0, 0.1) is 0 Å². The molecule has 1 aromatic heterocycles. The van der Waals surface area contributed by atoms with Crippen LogP contribution >= 0.6 is 27.5 Å². The fourth-order valence-electron chi connectivity index (χ4n) is 1.61. The minimum atomic E-state index is 0.495. The van der Waals surface area contributed by atoms with Crippen LogP contribution in [0.25, 0.3) is 0 Å². The second-order valence-electron chi connectivity index (χ2n) is 4.22. The van der Waals surface area contributed by atoms with Gasteiger partial charge in [0.1, 0.15) is 16.2 Å². The zero-order chi connectivity index (χ0) is 12.5. The predicted molar refractivity (Wildman–Crippen MR) is 73.2 cm³/mol. The smallest absolute Gasteiger partial charge is 0.223 e. The van der Waals surface area contributed by atoms with Gasteiger partial charge in [-0.15, -0.1) is 0 Å². The van der Waals surface area contributed by atoms with Gasteiger partial charge in [0.15, 0.2) is 0 Å². The van der Waals surface area contributed by atoms with Crippen LogP contribution in [-0.4, -0.2) is 9.97 Å². The molecule has 0 spiro atoms. The summed E-state index contributed by atoms with van der Waals surface area (Å²) in [5.74, 6) is 2.62. The van der Waals surface area contributed by atoms with Gasteiger partial charge in [-0.1, -0.05) is 11.6 Å². The molecule has 1 aromatic carbocycles. The van der Waals surface area contributed by atoms with Crippen molar-refractivity contribution in [2.45, 2.75) is 18.8 Å². The molecule has 0 radical (unpaired) electrons. The first-order valence-corrected chi connectivity index (χ1v) is 6.86.